The molecule has 0 aliphatic heterocycles. The molecule has 0 aromatic heterocycles. The smallest absolute Gasteiger partial charge is 0.317 e. The highest BCUT2D eigenvalue weighted by molar-refractivity contribution is 5.75. The summed E-state index contributed by atoms with van der Waals surface area (Å²) in [6.45, 7) is 1.59. The number of carbonyl (C=O) groups is 2. The van der Waals surface area contributed by atoms with Gasteiger partial charge >= 0.3 is 12.0 Å². The van der Waals surface area contributed by atoms with Gasteiger partial charge in [-0.15, -0.1) is 0 Å². The summed E-state index contributed by atoms with van der Waals surface area (Å²) in [7, 11) is 1.63. The third-order valence-corrected chi connectivity index (χ3v) is 4.53. The van der Waals surface area contributed by atoms with Crippen LogP contribution in [0.3, 0.4) is 0 Å². The maximum absolute atomic E-state index is 12.3. The summed E-state index contributed by atoms with van der Waals surface area (Å²) in [5.74, 6) is -0.983. The van der Waals surface area contributed by atoms with Gasteiger partial charge in [-0.2, -0.15) is 0 Å². The van der Waals surface area contributed by atoms with Crippen molar-refractivity contribution in [3.63, 3.8) is 0 Å². The minimum atomic E-state index is -0.729. The molecular weight excluding hydrogens is 272 g/mol. The average molecular weight is 298 g/mol. The molecule has 6 nitrogen and oxygen atoms in total. The molecule has 0 radical (unpaired) electrons. The molecule has 2 fully saturated rings. The number of ether oxygens (including phenoxy) is 1. The Labute approximate surface area is 125 Å². The van der Waals surface area contributed by atoms with Gasteiger partial charge in [0.2, 0.25) is 0 Å². The van der Waals surface area contributed by atoms with Gasteiger partial charge in [-0.25, -0.2) is 4.79 Å². The molecule has 2 aliphatic rings. The van der Waals surface area contributed by atoms with Crippen molar-refractivity contribution in [2.75, 3.05) is 26.8 Å². The maximum atomic E-state index is 12.3. The fraction of sp³-hybridized carbons (Fsp3) is 0.867. The first-order valence-electron chi connectivity index (χ1n) is 7.89. The van der Waals surface area contributed by atoms with Crippen LogP contribution in [0.4, 0.5) is 4.79 Å². The molecule has 0 aromatic rings. The molecule has 2 atom stereocenters. The number of carboxylic acids is 1. The summed E-state index contributed by atoms with van der Waals surface area (Å²) in [5.41, 5.74) is 0. The quantitative estimate of drug-likeness (QED) is 0.750. The van der Waals surface area contributed by atoms with Crippen LogP contribution < -0.4 is 5.32 Å². The predicted octanol–water partition coefficient (Wildman–Crippen LogP) is 1.70. The molecule has 2 N–H and O–H groups in total. The van der Waals surface area contributed by atoms with Crippen LogP contribution in [-0.4, -0.2) is 54.9 Å². The number of hydrogen-bond donors (Lipinski definition) is 2. The Bertz CT molecular complexity index is 371. The van der Waals surface area contributed by atoms with Gasteiger partial charge in [0.1, 0.15) is 0 Å². The number of aliphatic carboxylic acids is 1. The molecular formula is C15H26N2O4. The molecule has 0 bridgehead atoms. The van der Waals surface area contributed by atoms with Crippen molar-refractivity contribution in [1.29, 1.82) is 0 Å². The number of urea groups is 1. The molecule has 120 valence electrons. The summed E-state index contributed by atoms with van der Waals surface area (Å²) in [5, 5.41) is 12.2. The molecule has 6 heteroatoms. The summed E-state index contributed by atoms with van der Waals surface area (Å²) in [6.07, 6.45) is 5.76. The van der Waals surface area contributed by atoms with Gasteiger partial charge in [0.05, 0.1) is 12.5 Å². The van der Waals surface area contributed by atoms with Crippen LogP contribution in [0.25, 0.3) is 0 Å². The first-order valence-corrected chi connectivity index (χ1v) is 7.89. The molecule has 2 amide bonds. The van der Waals surface area contributed by atoms with E-state index in [2.05, 4.69) is 5.32 Å². The van der Waals surface area contributed by atoms with Crippen molar-refractivity contribution in [1.82, 2.24) is 10.2 Å². The van der Waals surface area contributed by atoms with E-state index in [1.54, 1.807) is 7.11 Å². The largest absolute Gasteiger partial charge is 0.481 e. The Balaban J connectivity index is 1.82. The average Bonchev–Trinajstić information content (AvgIpc) is 3.30. The second-order valence-corrected chi connectivity index (χ2v) is 6.09. The van der Waals surface area contributed by atoms with Crippen LogP contribution in [-0.2, 0) is 9.53 Å². The zero-order chi connectivity index (χ0) is 15.2. The lowest BCUT2D eigenvalue weighted by molar-refractivity contribution is -0.144. The zero-order valence-electron chi connectivity index (χ0n) is 12.7. The van der Waals surface area contributed by atoms with Crippen molar-refractivity contribution in [2.24, 2.45) is 11.8 Å². The van der Waals surface area contributed by atoms with E-state index in [1.807, 2.05) is 4.90 Å². The highest BCUT2D eigenvalue weighted by Crippen LogP contribution is 2.30. The molecule has 0 aromatic carbocycles. The predicted molar refractivity (Wildman–Crippen MR) is 78.1 cm³/mol. The fourth-order valence-electron chi connectivity index (χ4n) is 3.12. The monoisotopic (exact) mass is 298 g/mol. The number of carbonyl (C=O) groups excluding carboxylic acids is 1. The molecule has 2 unspecified atom stereocenters. The van der Waals surface area contributed by atoms with Gasteiger partial charge in [-0.05, 0) is 31.6 Å². The standard InChI is InChI=1S/C15H26N2O4/c1-21-9-8-17(12-6-7-12)15(20)16-10-11-4-2-3-5-13(11)14(18)19/h11-13H,2-10H2,1H3,(H,16,20)(H,18,19). The van der Waals surface area contributed by atoms with Crippen molar-refractivity contribution in [2.45, 2.75) is 44.6 Å². The van der Waals surface area contributed by atoms with E-state index in [4.69, 9.17) is 4.74 Å². The summed E-state index contributed by atoms with van der Waals surface area (Å²) in [6, 6.07) is 0.256. The Hall–Kier alpha value is -1.30. The highest BCUT2D eigenvalue weighted by atomic mass is 16.5. The van der Waals surface area contributed by atoms with Crippen molar-refractivity contribution < 1.29 is 19.4 Å². The van der Waals surface area contributed by atoms with E-state index in [-0.39, 0.29) is 17.9 Å². The lowest BCUT2D eigenvalue weighted by Gasteiger charge is -2.30. The normalized spacial score (nSPS) is 25.4. The maximum Gasteiger partial charge on any atom is 0.317 e. The van der Waals surface area contributed by atoms with E-state index in [0.717, 1.165) is 38.5 Å². The molecule has 2 saturated carbocycles. The number of nitrogens with one attached hydrogen (secondary N) is 1. The van der Waals surface area contributed by atoms with E-state index >= 15 is 0 Å². The fourth-order valence-corrected chi connectivity index (χ4v) is 3.12. The van der Waals surface area contributed by atoms with Crippen LogP contribution in [0, 0.1) is 11.8 Å². The van der Waals surface area contributed by atoms with E-state index in [0.29, 0.717) is 25.7 Å². The Kier molecular flexibility index (Phi) is 5.85. The van der Waals surface area contributed by atoms with Gasteiger partial charge in [0.25, 0.3) is 0 Å². The summed E-state index contributed by atoms with van der Waals surface area (Å²) < 4.78 is 5.04. The third kappa shape index (κ3) is 4.59. The number of hydrogen-bond acceptors (Lipinski definition) is 3. The van der Waals surface area contributed by atoms with E-state index < -0.39 is 5.97 Å². The second-order valence-electron chi connectivity index (χ2n) is 6.09. The number of methoxy groups -OCH3 is 1. The number of nitrogens with zero attached hydrogens (tertiary/aromatic N) is 1. The van der Waals surface area contributed by atoms with E-state index in [1.165, 1.54) is 0 Å². The first-order chi connectivity index (χ1) is 10.1. The lowest BCUT2D eigenvalue weighted by atomic mass is 9.79. The third-order valence-electron chi connectivity index (χ3n) is 4.53. The SMILES string of the molecule is COCCN(C(=O)NCC1CCCCC1C(=O)O)C1CC1. The lowest BCUT2D eigenvalue weighted by Crippen LogP contribution is -2.46. The van der Waals surface area contributed by atoms with Crippen LogP contribution >= 0.6 is 0 Å². The van der Waals surface area contributed by atoms with Crippen LogP contribution in [0.15, 0.2) is 0 Å². The van der Waals surface area contributed by atoms with Gasteiger partial charge in [-0.1, -0.05) is 12.8 Å². The molecule has 0 saturated heterocycles. The number of carboxylic acid groups (broad SMARTS) is 1. The molecule has 0 heterocycles. The molecule has 2 aliphatic carbocycles. The summed E-state index contributed by atoms with van der Waals surface area (Å²) in [4.78, 5) is 25.3. The molecule has 21 heavy (non-hydrogen) atoms. The number of rotatable bonds is 7. The molecule has 0 spiro atoms. The topological polar surface area (TPSA) is 78.9 Å². The zero-order valence-corrected chi connectivity index (χ0v) is 12.7. The Morgan fingerprint density at radius 3 is 2.57 bits per heavy atom. The second kappa shape index (κ2) is 7.64. The summed E-state index contributed by atoms with van der Waals surface area (Å²) >= 11 is 0. The van der Waals surface area contributed by atoms with Gasteiger partial charge in [0, 0.05) is 26.2 Å². The number of amides is 2. The van der Waals surface area contributed by atoms with Crippen molar-refractivity contribution in [3.8, 4) is 0 Å². The van der Waals surface area contributed by atoms with Crippen molar-refractivity contribution >= 4 is 12.0 Å². The highest BCUT2D eigenvalue weighted by Gasteiger charge is 2.34. The van der Waals surface area contributed by atoms with Gasteiger partial charge < -0.3 is 20.1 Å². The Morgan fingerprint density at radius 2 is 1.95 bits per heavy atom. The minimum absolute atomic E-state index is 0.0590. The Morgan fingerprint density at radius 1 is 1.24 bits per heavy atom. The van der Waals surface area contributed by atoms with Crippen LogP contribution in [0.2, 0.25) is 0 Å². The van der Waals surface area contributed by atoms with Gasteiger partial charge in [-0.3, -0.25) is 4.79 Å². The van der Waals surface area contributed by atoms with Crippen LogP contribution in [0.5, 0.6) is 0 Å². The minimum Gasteiger partial charge on any atom is -0.481 e. The first kappa shape index (κ1) is 16.1. The molecule has 2 rings (SSSR count). The van der Waals surface area contributed by atoms with E-state index in [9.17, 15) is 14.7 Å². The van der Waals surface area contributed by atoms with Gasteiger partial charge in [0.15, 0.2) is 0 Å². The van der Waals surface area contributed by atoms with Crippen molar-refractivity contribution in [3.05, 3.63) is 0 Å². The van der Waals surface area contributed by atoms with Crippen LogP contribution in [0.1, 0.15) is 38.5 Å².